The molecule has 1 saturated carbocycles. The molecule has 180 valence electrons. The molecule has 0 atom stereocenters. The Morgan fingerprint density at radius 1 is 0.765 bits per heavy atom. The van der Waals surface area contributed by atoms with Gasteiger partial charge in [0, 0.05) is 46.9 Å². The first-order valence-electron chi connectivity index (χ1n) is 12.3. The molecule has 0 aromatic heterocycles. The van der Waals surface area contributed by atoms with Crippen molar-refractivity contribution < 1.29 is 14.4 Å². The van der Waals surface area contributed by atoms with Crippen molar-refractivity contribution in [2.24, 2.45) is 5.92 Å². The molecule has 1 heterocycles. The quantitative estimate of drug-likeness (QED) is 0.570. The summed E-state index contributed by atoms with van der Waals surface area (Å²) in [5.41, 5.74) is 1.70. The van der Waals surface area contributed by atoms with E-state index in [0.717, 1.165) is 12.8 Å². The normalized spacial score (nSPS) is 17.6. The van der Waals surface area contributed by atoms with E-state index in [-0.39, 0.29) is 23.6 Å². The SMILES string of the molecule is O=C(Nc1ccc(C(=O)N2CCC(C(=O)NC3CCCCCC3)CC2)cc1)c1ccc(Cl)cc1. The van der Waals surface area contributed by atoms with Crippen LogP contribution in [-0.4, -0.2) is 41.8 Å². The maximum Gasteiger partial charge on any atom is 0.255 e. The second-order valence-electron chi connectivity index (χ2n) is 9.30. The number of halogens is 1. The smallest absolute Gasteiger partial charge is 0.255 e. The van der Waals surface area contributed by atoms with Gasteiger partial charge in [0.2, 0.25) is 5.91 Å². The molecule has 4 rings (SSSR count). The Kier molecular flexibility index (Phi) is 8.22. The van der Waals surface area contributed by atoms with Gasteiger partial charge in [-0.15, -0.1) is 0 Å². The lowest BCUT2D eigenvalue weighted by molar-refractivity contribution is -0.127. The second kappa shape index (κ2) is 11.5. The molecule has 0 spiro atoms. The van der Waals surface area contributed by atoms with E-state index >= 15 is 0 Å². The summed E-state index contributed by atoms with van der Waals surface area (Å²) in [5, 5.41) is 6.66. The van der Waals surface area contributed by atoms with E-state index in [9.17, 15) is 14.4 Å². The van der Waals surface area contributed by atoms with E-state index in [1.807, 2.05) is 4.90 Å². The van der Waals surface area contributed by atoms with Crippen LogP contribution in [-0.2, 0) is 4.79 Å². The molecule has 7 heteroatoms. The maximum absolute atomic E-state index is 12.9. The van der Waals surface area contributed by atoms with Crippen molar-refractivity contribution in [1.29, 1.82) is 0 Å². The minimum Gasteiger partial charge on any atom is -0.353 e. The third-order valence-electron chi connectivity index (χ3n) is 6.85. The molecule has 2 aromatic carbocycles. The summed E-state index contributed by atoms with van der Waals surface area (Å²) in [6, 6.07) is 13.9. The van der Waals surface area contributed by atoms with Gasteiger partial charge in [0.1, 0.15) is 0 Å². The van der Waals surface area contributed by atoms with Crippen LogP contribution in [0.2, 0.25) is 5.02 Å². The van der Waals surface area contributed by atoms with Crippen LogP contribution in [0, 0.1) is 5.92 Å². The fraction of sp³-hybridized carbons (Fsp3) is 0.444. The van der Waals surface area contributed by atoms with Gasteiger partial charge in [-0.1, -0.05) is 37.3 Å². The fourth-order valence-corrected chi connectivity index (χ4v) is 4.90. The standard InChI is InChI=1S/C27H32ClN3O3/c28-22-11-7-19(8-12-22)25(32)30-24-13-9-21(10-14-24)27(34)31-17-15-20(16-18-31)26(33)29-23-5-3-1-2-4-6-23/h7-14,20,23H,1-6,15-18H2,(H,29,33)(H,30,32). The van der Waals surface area contributed by atoms with Crippen LogP contribution < -0.4 is 10.6 Å². The van der Waals surface area contributed by atoms with Gasteiger partial charge < -0.3 is 15.5 Å². The largest absolute Gasteiger partial charge is 0.353 e. The summed E-state index contributed by atoms with van der Waals surface area (Å²) in [5.74, 6) is -0.143. The van der Waals surface area contributed by atoms with E-state index in [2.05, 4.69) is 10.6 Å². The molecule has 2 aliphatic rings. The topological polar surface area (TPSA) is 78.5 Å². The predicted octanol–water partition coefficient (Wildman–Crippen LogP) is 5.28. The molecule has 2 N–H and O–H groups in total. The van der Waals surface area contributed by atoms with Crippen molar-refractivity contribution in [1.82, 2.24) is 10.2 Å². The average molecular weight is 482 g/mol. The molecule has 1 aliphatic carbocycles. The Bertz CT molecular complexity index is 991. The molecular weight excluding hydrogens is 450 g/mol. The number of amides is 3. The highest BCUT2D eigenvalue weighted by atomic mass is 35.5. The molecule has 3 amide bonds. The Labute approximate surface area is 206 Å². The van der Waals surface area contributed by atoms with Crippen molar-refractivity contribution in [2.45, 2.75) is 57.4 Å². The lowest BCUT2D eigenvalue weighted by Gasteiger charge is -2.32. The average Bonchev–Trinajstić information content (AvgIpc) is 3.13. The Balaban J connectivity index is 1.26. The number of likely N-dealkylation sites (tertiary alicyclic amines) is 1. The van der Waals surface area contributed by atoms with Crippen molar-refractivity contribution in [3.63, 3.8) is 0 Å². The Morgan fingerprint density at radius 2 is 1.35 bits per heavy atom. The number of piperidine rings is 1. The third kappa shape index (κ3) is 6.38. The molecule has 34 heavy (non-hydrogen) atoms. The van der Waals surface area contributed by atoms with Crippen LogP contribution in [0.1, 0.15) is 72.1 Å². The number of carbonyl (C=O) groups excluding carboxylic acids is 3. The van der Waals surface area contributed by atoms with Gasteiger partial charge in [-0.05, 0) is 74.2 Å². The molecule has 6 nitrogen and oxygen atoms in total. The van der Waals surface area contributed by atoms with Crippen LogP contribution in [0.25, 0.3) is 0 Å². The first kappa shape index (κ1) is 24.3. The predicted molar refractivity (Wildman–Crippen MR) is 134 cm³/mol. The Morgan fingerprint density at radius 3 is 1.97 bits per heavy atom. The van der Waals surface area contributed by atoms with Crippen LogP contribution in [0.4, 0.5) is 5.69 Å². The molecule has 1 saturated heterocycles. The minimum atomic E-state index is -0.236. The van der Waals surface area contributed by atoms with E-state index < -0.39 is 0 Å². The van der Waals surface area contributed by atoms with Gasteiger partial charge in [0.15, 0.2) is 0 Å². The highest BCUT2D eigenvalue weighted by molar-refractivity contribution is 6.30. The first-order valence-corrected chi connectivity index (χ1v) is 12.6. The monoisotopic (exact) mass is 481 g/mol. The van der Waals surface area contributed by atoms with Gasteiger partial charge >= 0.3 is 0 Å². The molecule has 0 unspecified atom stereocenters. The minimum absolute atomic E-state index is 0.0160. The van der Waals surface area contributed by atoms with E-state index in [0.29, 0.717) is 53.8 Å². The van der Waals surface area contributed by atoms with E-state index in [1.54, 1.807) is 48.5 Å². The lowest BCUT2D eigenvalue weighted by Crippen LogP contribution is -2.45. The van der Waals surface area contributed by atoms with Crippen molar-refractivity contribution >= 4 is 35.0 Å². The maximum atomic E-state index is 12.9. The zero-order chi connectivity index (χ0) is 23.9. The first-order chi connectivity index (χ1) is 16.5. The fourth-order valence-electron chi connectivity index (χ4n) is 4.77. The van der Waals surface area contributed by atoms with Crippen LogP contribution in [0.15, 0.2) is 48.5 Å². The number of hydrogen-bond acceptors (Lipinski definition) is 3. The number of nitrogens with zero attached hydrogens (tertiary/aromatic N) is 1. The number of nitrogens with one attached hydrogen (secondary N) is 2. The van der Waals surface area contributed by atoms with Gasteiger partial charge in [0.05, 0.1) is 0 Å². The summed E-state index contributed by atoms with van der Waals surface area (Å²) in [6.07, 6.45) is 8.48. The molecule has 0 radical (unpaired) electrons. The second-order valence-corrected chi connectivity index (χ2v) is 9.74. The number of anilines is 1. The van der Waals surface area contributed by atoms with E-state index in [1.165, 1.54) is 25.7 Å². The summed E-state index contributed by atoms with van der Waals surface area (Å²) in [6.45, 7) is 1.16. The third-order valence-corrected chi connectivity index (χ3v) is 7.10. The summed E-state index contributed by atoms with van der Waals surface area (Å²) < 4.78 is 0. The number of hydrogen-bond donors (Lipinski definition) is 2. The highest BCUT2D eigenvalue weighted by Crippen LogP contribution is 2.22. The number of rotatable bonds is 5. The zero-order valence-electron chi connectivity index (χ0n) is 19.4. The molecule has 2 fully saturated rings. The van der Waals surface area contributed by atoms with Gasteiger partial charge in [-0.3, -0.25) is 14.4 Å². The zero-order valence-corrected chi connectivity index (χ0v) is 20.2. The van der Waals surface area contributed by atoms with Gasteiger partial charge in [0.25, 0.3) is 11.8 Å². The summed E-state index contributed by atoms with van der Waals surface area (Å²) in [7, 11) is 0. The highest BCUT2D eigenvalue weighted by Gasteiger charge is 2.29. The Hall–Kier alpha value is -2.86. The molecule has 2 aromatic rings. The van der Waals surface area contributed by atoms with Crippen LogP contribution >= 0.6 is 11.6 Å². The summed E-state index contributed by atoms with van der Waals surface area (Å²) >= 11 is 5.87. The number of benzene rings is 2. The molecule has 0 bridgehead atoms. The van der Waals surface area contributed by atoms with Gasteiger partial charge in [-0.25, -0.2) is 0 Å². The van der Waals surface area contributed by atoms with Crippen molar-refractivity contribution in [3.05, 3.63) is 64.7 Å². The van der Waals surface area contributed by atoms with Crippen LogP contribution in [0.3, 0.4) is 0 Å². The summed E-state index contributed by atoms with van der Waals surface area (Å²) in [4.78, 5) is 39.8. The molecular formula is C27H32ClN3O3. The van der Waals surface area contributed by atoms with Crippen molar-refractivity contribution in [3.8, 4) is 0 Å². The lowest BCUT2D eigenvalue weighted by atomic mass is 9.94. The van der Waals surface area contributed by atoms with E-state index in [4.69, 9.17) is 11.6 Å². The number of carbonyl (C=O) groups is 3. The van der Waals surface area contributed by atoms with Gasteiger partial charge in [-0.2, -0.15) is 0 Å². The van der Waals surface area contributed by atoms with Crippen LogP contribution in [0.5, 0.6) is 0 Å². The molecule has 1 aliphatic heterocycles. The van der Waals surface area contributed by atoms with Crippen molar-refractivity contribution in [2.75, 3.05) is 18.4 Å².